The summed E-state index contributed by atoms with van der Waals surface area (Å²) in [5.74, 6) is -0.496. The van der Waals surface area contributed by atoms with Gasteiger partial charge in [-0.3, -0.25) is 9.59 Å². The standard InChI is InChI=1S/C20H23N3O5S/c21-20(25)17-7-4-8-18(13-17)28-14-19(24)22-9-11-23(12-10-22)29(26,27)15-16-5-2-1-3-6-16/h1-8,13H,9-12,14-15H2,(H2,21,25). The zero-order valence-corrected chi connectivity index (χ0v) is 16.7. The van der Waals surface area contributed by atoms with E-state index in [4.69, 9.17) is 10.5 Å². The summed E-state index contributed by atoms with van der Waals surface area (Å²) in [6.07, 6.45) is 0. The van der Waals surface area contributed by atoms with Crippen LogP contribution < -0.4 is 10.5 Å². The molecule has 2 N–H and O–H groups in total. The lowest BCUT2D eigenvalue weighted by Gasteiger charge is -2.34. The van der Waals surface area contributed by atoms with Crippen LogP contribution >= 0.6 is 0 Å². The lowest BCUT2D eigenvalue weighted by Crippen LogP contribution is -2.51. The summed E-state index contributed by atoms with van der Waals surface area (Å²) >= 11 is 0. The van der Waals surface area contributed by atoms with Crippen molar-refractivity contribution in [3.05, 3.63) is 65.7 Å². The monoisotopic (exact) mass is 417 g/mol. The fraction of sp³-hybridized carbons (Fsp3) is 0.300. The Kier molecular flexibility index (Phi) is 6.50. The molecule has 1 aliphatic rings. The average molecular weight is 417 g/mol. The maximum atomic E-state index is 12.6. The van der Waals surface area contributed by atoms with Crippen molar-refractivity contribution in [1.29, 1.82) is 0 Å². The molecule has 1 aliphatic heterocycles. The molecule has 2 aromatic carbocycles. The van der Waals surface area contributed by atoms with Gasteiger partial charge in [0.1, 0.15) is 5.75 Å². The molecule has 0 aromatic heterocycles. The molecule has 0 aliphatic carbocycles. The summed E-state index contributed by atoms with van der Waals surface area (Å²) in [7, 11) is -3.43. The Morgan fingerprint density at radius 1 is 0.966 bits per heavy atom. The van der Waals surface area contributed by atoms with E-state index < -0.39 is 15.9 Å². The van der Waals surface area contributed by atoms with Gasteiger partial charge < -0.3 is 15.4 Å². The number of carbonyl (C=O) groups excluding carboxylic acids is 2. The molecule has 1 heterocycles. The number of sulfonamides is 1. The summed E-state index contributed by atoms with van der Waals surface area (Å²) in [5.41, 5.74) is 6.26. The zero-order valence-electron chi connectivity index (χ0n) is 15.9. The van der Waals surface area contributed by atoms with Crippen molar-refractivity contribution in [2.45, 2.75) is 5.75 Å². The van der Waals surface area contributed by atoms with Crippen molar-refractivity contribution in [3.63, 3.8) is 0 Å². The molecule has 2 amide bonds. The van der Waals surface area contributed by atoms with Gasteiger partial charge in [0.2, 0.25) is 15.9 Å². The lowest BCUT2D eigenvalue weighted by molar-refractivity contribution is -0.134. The van der Waals surface area contributed by atoms with Gasteiger partial charge in [-0.15, -0.1) is 0 Å². The quantitative estimate of drug-likeness (QED) is 0.718. The normalized spacial score (nSPS) is 15.1. The number of piperazine rings is 1. The molecule has 0 saturated carbocycles. The maximum Gasteiger partial charge on any atom is 0.260 e. The Hall–Kier alpha value is -2.91. The van der Waals surface area contributed by atoms with Gasteiger partial charge in [0.05, 0.1) is 5.75 Å². The molecular weight excluding hydrogens is 394 g/mol. The first-order valence-corrected chi connectivity index (χ1v) is 10.8. The van der Waals surface area contributed by atoms with Crippen LogP contribution in [0.2, 0.25) is 0 Å². The van der Waals surface area contributed by atoms with Crippen LogP contribution in [0.5, 0.6) is 5.75 Å². The second kappa shape index (κ2) is 9.06. The Morgan fingerprint density at radius 3 is 2.31 bits per heavy atom. The molecule has 0 radical (unpaired) electrons. The van der Waals surface area contributed by atoms with E-state index >= 15 is 0 Å². The SMILES string of the molecule is NC(=O)c1cccc(OCC(=O)N2CCN(S(=O)(=O)Cc3ccccc3)CC2)c1. The Labute approximate surface area is 169 Å². The molecule has 0 atom stereocenters. The predicted molar refractivity (Wildman–Crippen MR) is 108 cm³/mol. The van der Waals surface area contributed by atoms with E-state index in [9.17, 15) is 18.0 Å². The van der Waals surface area contributed by atoms with E-state index in [2.05, 4.69) is 0 Å². The number of amides is 2. The fourth-order valence-electron chi connectivity index (χ4n) is 3.07. The average Bonchev–Trinajstić information content (AvgIpc) is 2.72. The van der Waals surface area contributed by atoms with Crippen molar-refractivity contribution in [3.8, 4) is 5.75 Å². The second-order valence-electron chi connectivity index (χ2n) is 6.70. The summed E-state index contributed by atoms with van der Waals surface area (Å²) in [6, 6.07) is 15.3. The summed E-state index contributed by atoms with van der Waals surface area (Å²) in [5, 5.41) is 0. The summed E-state index contributed by atoms with van der Waals surface area (Å²) < 4.78 is 32.1. The molecule has 0 unspecified atom stereocenters. The molecule has 29 heavy (non-hydrogen) atoms. The van der Waals surface area contributed by atoms with Crippen LogP contribution in [0.25, 0.3) is 0 Å². The van der Waals surface area contributed by atoms with Crippen molar-refractivity contribution in [2.24, 2.45) is 5.73 Å². The van der Waals surface area contributed by atoms with E-state index in [0.29, 0.717) is 24.4 Å². The molecule has 9 heteroatoms. The van der Waals surface area contributed by atoms with Crippen LogP contribution in [0.3, 0.4) is 0 Å². The highest BCUT2D eigenvalue weighted by molar-refractivity contribution is 7.88. The largest absolute Gasteiger partial charge is 0.484 e. The van der Waals surface area contributed by atoms with E-state index in [-0.39, 0.29) is 31.4 Å². The molecule has 8 nitrogen and oxygen atoms in total. The highest BCUT2D eigenvalue weighted by atomic mass is 32.2. The van der Waals surface area contributed by atoms with Crippen LogP contribution in [0, 0.1) is 0 Å². The summed E-state index contributed by atoms with van der Waals surface area (Å²) in [4.78, 5) is 25.2. The van der Waals surface area contributed by atoms with Crippen LogP contribution in [0.4, 0.5) is 0 Å². The molecule has 0 spiro atoms. The first-order chi connectivity index (χ1) is 13.8. The topological polar surface area (TPSA) is 110 Å². The van der Waals surface area contributed by atoms with E-state index in [1.807, 2.05) is 6.07 Å². The van der Waals surface area contributed by atoms with Crippen LogP contribution in [-0.4, -0.2) is 62.2 Å². The zero-order chi connectivity index (χ0) is 20.9. The Morgan fingerprint density at radius 2 is 1.66 bits per heavy atom. The molecule has 0 bridgehead atoms. The number of carbonyl (C=O) groups is 2. The van der Waals surface area contributed by atoms with Crippen molar-refractivity contribution in [1.82, 2.24) is 9.21 Å². The highest BCUT2D eigenvalue weighted by Gasteiger charge is 2.29. The molecular formula is C20H23N3O5S. The van der Waals surface area contributed by atoms with E-state index in [1.165, 1.54) is 10.4 Å². The molecule has 154 valence electrons. The number of hydrogen-bond acceptors (Lipinski definition) is 5. The number of nitrogens with two attached hydrogens (primary N) is 1. The van der Waals surface area contributed by atoms with Crippen molar-refractivity contribution < 1.29 is 22.7 Å². The van der Waals surface area contributed by atoms with Crippen molar-refractivity contribution in [2.75, 3.05) is 32.8 Å². The maximum absolute atomic E-state index is 12.6. The van der Waals surface area contributed by atoms with E-state index in [1.54, 1.807) is 47.4 Å². The highest BCUT2D eigenvalue weighted by Crippen LogP contribution is 2.15. The first-order valence-electron chi connectivity index (χ1n) is 9.17. The number of ether oxygens (including phenoxy) is 1. The molecule has 1 saturated heterocycles. The van der Waals surface area contributed by atoms with Gasteiger partial charge in [-0.1, -0.05) is 36.4 Å². The number of hydrogen-bond donors (Lipinski definition) is 1. The lowest BCUT2D eigenvalue weighted by atomic mass is 10.2. The van der Waals surface area contributed by atoms with Gasteiger partial charge in [0.25, 0.3) is 5.91 Å². The van der Waals surface area contributed by atoms with Gasteiger partial charge in [-0.05, 0) is 23.8 Å². The van der Waals surface area contributed by atoms with Gasteiger partial charge in [-0.2, -0.15) is 4.31 Å². The van der Waals surface area contributed by atoms with Gasteiger partial charge in [0.15, 0.2) is 6.61 Å². The van der Waals surface area contributed by atoms with Crippen LogP contribution in [0.1, 0.15) is 15.9 Å². The minimum absolute atomic E-state index is 0.0545. The third kappa shape index (κ3) is 5.55. The number of benzene rings is 2. The number of rotatable bonds is 7. The number of nitrogens with zero attached hydrogens (tertiary/aromatic N) is 2. The minimum Gasteiger partial charge on any atom is -0.484 e. The van der Waals surface area contributed by atoms with Crippen LogP contribution in [-0.2, 0) is 20.6 Å². The first kappa shape index (κ1) is 20.8. The predicted octanol–water partition coefficient (Wildman–Crippen LogP) is 0.839. The third-order valence-electron chi connectivity index (χ3n) is 4.66. The second-order valence-corrected chi connectivity index (χ2v) is 8.67. The smallest absolute Gasteiger partial charge is 0.260 e. The minimum atomic E-state index is -3.43. The van der Waals surface area contributed by atoms with Gasteiger partial charge >= 0.3 is 0 Å². The third-order valence-corrected chi connectivity index (χ3v) is 6.51. The van der Waals surface area contributed by atoms with E-state index in [0.717, 1.165) is 5.56 Å². The molecule has 1 fully saturated rings. The van der Waals surface area contributed by atoms with Gasteiger partial charge in [-0.25, -0.2) is 8.42 Å². The molecule has 2 aromatic rings. The Balaban J connectivity index is 1.50. The van der Waals surface area contributed by atoms with Crippen molar-refractivity contribution >= 4 is 21.8 Å². The fourth-order valence-corrected chi connectivity index (χ4v) is 4.58. The Bertz CT molecular complexity index is 971. The van der Waals surface area contributed by atoms with Crippen LogP contribution in [0.15, 0.2) is 54.6 Å². The van der Waals surface area contributed by atoms with Gasteiger partial charge in [0, 0.05) is 31.7 Å². The molecule has 3 rings (SSSR count). The summed E-state index contributed by atoms with van der Waals surface area (Å²) in [6.45, 7) is 0.907. The number of primary amides is 1.